The zero-order chi connectivity index (χ0) is 15.0. The number of hydrogen-bond donors (Lipinski definition) is 2. The molecule has 3 atom stereocenters. The van der Waals surface area contributed by atoms with E-state index in [2.05, 4.69) is 0 Å². The molecule has 4 nitrogen and oxygen atoms in total. The first-order chi connectivity index (χ1) is 9.23. The van der Waals surface area contributed by atoms with Crippen LogP contribution in [0.4, 0.5) is 0 Å². The van der Waals surface area contributed by atoms with Gasteiger partial charge >= 0.3 is 5.97 Å². The first kappa shape index (κ1) is 14.8. The zero-order valence-electron chi connectivity index (χ0n) is 12.0. The van der Waals surface area contributed by atoms with Gasteiger partial charge < -0.3 is 14.9 Å². The van der Waals surface area contributed by atoms with Gasteiger partial charge in [-0.15, -0.1) is 0 Å². The lowest BCUT2D eigenvalue weighted by atomic mass is 9.74. The average molecular weight is 276 g/mol. The Morgan fingerprint density at radius 3 is 2.45 bits per heavy atom. The summed E-state index contributed by atoms with van der Waals surface area (Å²) in [4.78, 5) is 12.0. The van der Waals surface area contributed by atoms with E-state index in [0.29, 0.717) is 5.56 Å². The van der Waals surface area contributed by atoms with Crippen molar-refractivity contribution in [3.05, 3.63) is 47.5 Å². The lowest BCUT2D eigenvalue weighted by Crippen LogP contribution is -2.54. The summed E-state index contributed by atoms with van der Waals surface area (Å²) < 4.78 is 5.44. The summed E-state index contributed by atoms with van der Waals surface area (Å²) >= 11 is 0. The van der Waals surface area contributed by atoms with Crippen LogP contribution in [0.1, 0.15) is 37.6 Å². The molecular formula is C16H20O4. The minimum Gasteiger partial charge on any atom is -0.454 e. The maximum Gasteiger partial charge on any atom is 0.338 e. The summed E-state index contributed by atoms with van der Waals surface area (Å²) in [6, 6.07) is 8.71. The summed E-state index contributed by atoms with van der Waals surface area (Å²) in [5.74, 6) is -0.430. The van der Waals surface area contributed by atoms with E-state index in [4.69, 9.17) is 4.74 Å². The maximum absolute atomic E-state index is 12.0. The van der Waals surface area contributed by atoms with Gasteiger partial charge in [0.15, 0.2) is 0 Å². The molecule has 0 aromatic heterocycles. The van der Waals surface area contributed by atoms with Crippen LogP contribution < -0.4 is 0 Å². The van der Waals surface area contributed by atoms with Gasteiger partial charge in [-0.1, -0.05) is 18.2 Å². The SMILES string of the molecule is CC1=C[C@@](C)(O)[C@@](C)(O)CC1OC(=O)c1ccccc1. The van der Waals surface area contributed by atoms with E-state index in [0.717, 1.165) is 5.57 Å². The van der Waals surface area contributed by atoms with E-state index >= 15 is 0 Å². The number of ether oxygens (including phenoxy) is 1. The molecule has 0 spiro atoms. The van der Waals surface area contributed by atoms with Gasteiger partial charge in [0, 0.05) is 6.42 Å². The second-order valence-corrected chi connectivity index (χ2v) is 5.77. The smallest absolute Gasteiger partial charge is 0.338 e. The van der Waals surface area contributed by atoms with Crippen molar-refractivity contribution < 1.29 is 19.7 Å². The van der Waals surface area contributed by atoms with Crippen LogP contribution in [0.2, 0.25) is 0 Å². The van der Waals surface area contributed by atoms with E-state index < -0.39 is 23.3 Å². The summed E-state index contributed by atoms with van der Waals surface area (Å²) in [5.41, 5.74) is -1.45. The van der Waals surface area contributed by atoms with Crippen LogP contribution in [0.3, 0.4) is 0 Å². The first-order valence-electron chi connectivity index (χ1n) is 6.63. The highest BCUT2D eigenvalue weighted by atomic mass is 16.5. The fraction of sp³-hybridized carbons (Fsp3) is 0.438. The van der Waals surface area contributed by atoms with Crippen molar-refractivity contribution >= 4 is 5.97 Å². The Morgan fingerprint density at radius 1 is 1.25 bits per heavy atom. The highest BCUT2D eigenvalue weighted by Gasteiger charge is 2.46. The fourth-order valence-corrected chi connectivity index (χ4v) is 2.33. The minimum atomic E-state index is -1.34. The Morgan fingerprint density at radius 2 is 1.85 bits per heavy atom. The van der Waals surface area contributed by atoms with Crippen LogP contribution >= 0.6 is 0 Å². The molecule has 1 aliphatic rings. The van der Waals surface area contributed by atoms with Gasteiger partial charge in [-0.25, -0.2) is 4.79 Å². The summed E-state index contributed by atoms with van der Waals surface area (Å²) in [5, 5.41) is 20.5. The summed E-state index contributed by atoms with van der Waals surface area (Å²) in [6.45, 7) is 4.87. The van der Waals surface area contributed by atoms with Crippen molar-refractivity contribution in [2.45, 2.75) is 44.5 Å². The molecule has 1 aliphatic carbocycles. The molecule has 0 saturated heterocycles. The van der Waals surface area contributed by atoms with Crippen LogP contribution in [-0.2, 0) is 4.74 Å². The molecule has 0 saturated carbocycles. The minimum absolute atomic E-state index is 0.168. The fourth-order valence-electron chi connectivity index (χ4n) is 2.33. The number of hydrogen-bond acceptors (Lipinski definition) is 4. The second-order valence-electron chi connectivity index (χ2n) is 5.77. The molecule has 1 unspecified atom stereocenters. The molecule has 0 bridgehead atoms. The molecule has 4 heteroatoms. The van der Waals surface area contributed by atoms with E-state index in [1.54, 1.807) is 51.1 Å². The quantitative estimate of drug-likeness (QED) is 0.641. The standard InChI is InChI=1S/C16H20O4/c1-11-9-15(2,18)16(3,19)10-13(11)20-14(17)12-7-5-4-6-8-12/h4-9,13,18-19H,10H2,1-3H3/t13?,15-,16+/m1/s1. The Labute approximate surface area is 118 Å². The van der Waals surface area contributed by atoms with Crippen molar-refractivity contribution in [2.75, 3.05) is 0 Å². The zero-order valence-corrected chi connectivity index (χ0v) is 12.0. The predicted octanol–water partition coefficient (Wildman–Crippen LogP) is 2.06. The molecule has 1 aromatic carbocycles. The van der Waals surface area contributed by atoms with Gasteiger partial charge in [0.1, 0.15) is 11.7 Å². The highest BCUT2D eigenvalue weighted by Crippen LogP contribution is 2.36. The van der Waals surface area contributed by atoms with Crippen LogP contribution in [0.15, 0.2) is 42.0 Å². The molecule has 2 rings (SSSR count). The molecule has 0 amide bonds. The van der Waals surface area contributed by atoms with Gasteiger partial charge in [0.2, 0.25) is 0 Å². The Bertz CT molecular complexity index is 529. The van der Waals surface area contributed by atoms with E-state index in [-0.39, 0.29) is 6.42 Å². The maximum atomic E-state index is 12.0. The number of rotatable bonds is 2. The molecule has 0 radical (unpaired) electrons. The van der Waals surface area contributed by atoms with Crippen molar-refractivity contribution in [3.63, 3.8) is 0 Å². The van der Waals surface area contributed by atoms with Crippen LogP contribution in [0, 0.1) is 0 Å². The van der Waals surface area contributed by atoms with E-state index in [1.807, 2.05) is 6.07 Å². The Balaban J connectivity index is 2.17. The van der Waals surface area contributed by atoms with Crippen LogP contribution in [0.25, 0.3) is 0 Å². The van der Waals surface area contributed by atoms with E-state index in [1.165, 1.54) is 0 Å². The first-order valence-corrected chi connectivity index (χ1v) is 6.63. The van der Waals surface area contributed by atoms with Crippen molar-refractivity contribution in [1.29, 1.82) is 0 Å². The Hall–Kier alpha value is -1.65. The Kier molecular flexibility index (Phi) is 3.71. The monoisotopic (exact) mass is 276 g/mol. The third kappa shape index (κ3) is 2.76. The van der Waals surface area contributed by atoms with Gasteiger partial charge in [-0.2, -0.15) is 0 Å². The molecule has 20 heavy (non-hydrogen) atoms. The topological polar surface area (TPSA) is 66.8 Å². The number of esters is 1. The summed E-state index contributed by atoms with van der Waals surface area (Å²) in [7, 11) is 0. The number of carbonyl (C=O) groups excluding carboxylic acids is 1. The van der Waals surface area contributed by atoms with E-state index in [9.17, 15) is 15.0 Å². The molecule has 0 aliphatic heterocycles. The molecule has 1 aromatic rings. The number of benzene rings is 1. The van der Waals surface area contributed by atoms with Gasteiger partial charge in [0.05, 0.1) is 11.2 Å². The van der Waals surface area contributed by atoms with Crippen LogP contribution in [-0.4, -0.2) is 33.5 Å². The lowest BCUT2D eigenvalue weighted by molar-refractivity contribution is -0.128. The van der Waals surface area contributed by atoms with Crippen molar-refractivity contribution in [3.8, 4) is 0 Å². The largest absolute Gasteiger partial charge is 0.454 e. The highest BCUT2D eigenvalue weighted by molar-refractivity contribution is 5.89. The van der Waals surface area contributed by atoms with Crippen LogP contribution in [0.5, 0.6) is 0 Å². The number of carbonyl (C=O) groups is 1. The summed E-state index contributed by atoms with van der Waals surface area (Å²) in [6.07, 6.45) is 1.19. The third-order valence-electron chi connectivity index (χ3n) is 3.95. The van der Waals surface area contributed by atoms with Crippen molar-refractivity contribution in [1.82, 2.24) is 0 Å². The molecule has 108 valence electrons. The molecule has 2 N–H and O–H groups in total. The normalized spacial score (nSPS) is 33.5. The average Bonchev–Trinajstić information content (AvgIpc) is 2.36. The second kappa shape index (κ2) is 5.04. The predicted molar refractivity (Wildman–Crippen MR) is 75.3 cm³/mol. The number of aliphatic hydroxyl groups is 2. The lowest BCUT2D eigenvalue weighted by Gasteiger charge is -2.43. The molecule has 0 fully saturated rings. The van der Waals surface area contributed by atoms with Gasteiger partial charge in [-0.3, -0.25) is 0 Å². The van der Waals surface area contributed by atoms with Gasteiger partial charge in [-0.05, 0) is 44.6 Å². The molecular weight excluding hydrogens is 256 g/mol. The third-order valence-corrected chi connectivity index (χ3v) is 3.95. The molecule has 0 heterocycles. The van der Waals surface area contributed by atoms with Crippen molar-refractivity contribution in [2.24, 2.45) is 0 Å². The van der Waals surface area contributed by atoms with Gasteiger partial charge in [0.25, 0.3) is 0 Å².